The summed E-state index contributed by atoms with van der Waals surface area (Å²) in [5.41, 5.74) is 0.457. The molecular formula is C21H30N2O6S. The lowest BCUT2D eigenvalue weighted by molar-refractivity contribution is 0.0461. The molecular weight excluding hydrogens is 408 g/mol. The van der Waals surface area contributed by atoms with Crippen molar-refractivity contribution in [2.24, 2.45) is 5.92 Å². The molecule has 3 aliphatic rings. The van der Waals surface area contributed by atoms with Crippen LogP contribution in [0.2, 0.25) is 0 Å². The van der Waals surface area contributed by atoms with E-state index in [1.54, 1.807) is 23.1 Å². The van der Waals surface area contributed by atoms with Gasteiger partial charge in [-0.2, -0.15) is 13.5 Å². The first-order valence-electron chi connectivity index (χ1n) is 10.3. The van der Waals surface area contributed by atoms with Gasteiger partial charge in [0.05, 0.1) is 19.2 Å². The number of hydrogen-bond acceptors (Lipinski definition) is 7. The number of methoxy groups -OCH3 is 1. The number of cyclic esters (lactones) is 1. The SMILES string of the molecule is COC(=O)c1ccc2c(c1)O[C@@H](CN1CCC(CCN3CCOC3=O)CC1)CO2.S. The van der Waals surface area contributed by atoms with Gasteiger partial charge in [-0.15, -0.1) is 0 Å². The van der Waals surface area contributed by atoms with Gasteiger partial charge in [-0.3, -0.25) is 4.90 Å². The molecule has 0 radical (unpaired) electrons. The van der Waals surface area contributed by atoms with Crippen molar-refractivity contribution in [3.8, 4) is 11.5 Å². The van der Waals surface area contributed by atoms with Gasteiger partial charge in [0.15, 0.2) is 11.5 Å². The summed E-state index contributed by atoms with van der Waals surface area (Å²) in [6, 6.07) is 5.11. The average molecular weight is 439 g/mol. The van der Waals surface area contributed by atoms with Crippen LogP contribution in [0.15, 0.2) is 18.2 Å². The Bertz CT molecular complexity index is 753. The highest BCUT2D eigenvalue weighted by molar-refractivity contribution is 7.59. The molecule has 0 aliphatic carbocycles. The zero-order valence-electron chi connectivity index (χ0n) is 17.3. The fourth-order valence-corrected chi connectivity index (χ4v) is 4.16. The Morgan fingerprint density at radius 1 is 1.17 bits per heavy atom. The summed E-state index contributed by atoms with van der Waals surface area (Å²) in [5.74, 6) is 1.51. The summed E-state index contributed by atoms with van der Waals surface area (Å²) in [7, 11) is 1.36. The van der Waals surface area contributed by atoms with Crippen LogP contribution in [-0.4, -0.2) is 81.0 Å². The second-order valence-corrected chi connectivity index (χ2v) is 7.84. The molecule has 30 heavy (non-hydrogen) atoms. The standard InChI is InChI=1S/C21H28N2O6.H2S/c1-26-20(24)16-2-3-18-19(12-16)29-17(14-28-18)13-22-7-4-15(5-8-22)6-9-23-10-11-27-21(23)25;/h2-3,12,15,17H,4-11,13-14H2,1H3;1H2/t17-;/m0./s1. The summed E-state index contributed by atoms with van der Waals surface area (Å²) < 4.78 is 21.7. The van der Waals surface area contributed by atoms with E-state index >= 15 is 0 Å². The molecule has 8 nitrogen and oxygen atoms in total. The summed E-state index contributed by atoms with van der Waals surface area (Å²) in [5, 5.41) is 0. The van der Waals surface area contributed by atoms with Crippen LogP contribution < -0.4 is 9.47 Å². The number of rotatable bonds is 6. The van der Waals surface area contributed by atoms with Crippen LogP contribution in [0.5, 0.6) is 11.5 Å². The maximum absolute atomic E-state index is 11.7. The minimum atomic E-state index is -0.386. The zero-order valence-corrected chi connectivity index (χ0v) is 18.3. The molecule has 166 valence electrons. The fourth-order valence-electron chi connectivity index (χ4n) is 4.16. The minimum Gasteiger partial charge on any atom is -0.486 e. The topological polar surface area (TPSA) is 77.5 Å². The van der Waals surface area contributed by atoms with Crippen LogP contribution in [0.1, 0.15) is 29.6 Å². The summed E-state index contributed by atoms with van der Waals surface area (Å²) in [4.78, 5) is 27.5. The Kier molecular flexibility index (Phi) is 7.71. The molecule has 0 aromatic heterocycles. The highest BCUT2D eigenvalue weighted by Crippen LogP contribution is 2.33. The van der Waals surface area contributed by atoms with E-state index in [4.69, 9.17) is 18.9 Å². The van der Waals surface area contributed by atoms with E-state index in [-0.39, 0.29) is 31.7 Å². The molecule has 0 N–H and O–H groups in total. The van der Waals surface area contributed by atoms with Gasteiger partial charge in [0.25, 0.3) is 0 Å². The molecule has 0 bridgehead atoms. The van der Waals surface area contributed by atoms with Crippen LogP contribution in [0.3, 0.4) is 0 Å². The van der Waals surface area contributed by atoms with Crippen molar-refractivity contribution in [1.82, 2.24) is 9.80 Å². The first kappa shape index (κ1) is 22.6. The third-order valence-corrected chi connectivity index (χ3v) is 5.90. The molecule has 0 unspecified atom stereocenters. The second kappa shape index (κ2) is 10.3. The number of carbonyl (C=O) groups is 2. The zero-order chi connectivity index (χ0) is 20.2. The smallest absolute Gasteiger partial charge is 0.409 e. The lowest BCUT2D eigenvalue weighted by Gasteiger charge is -2.36. The van der Waals surface area contributed by atoms with Crippen LogP contribution in [0.25, 0.3) is 0 Å². The third kappa shape index (κ3) is 5.31. The van der Waals surface area contributed by atoms with E-state index in [1.807, 2.05) is 0 Å². The molecule has 4 rings (SSSR count). The number of amides is 1. The van der Waals surface area contributed by atoms with Crippen molar-refractivity contribution in [3.05, 3.63) is 23.8 Å². The lowest BCUT2D eigenvalue weighted by Crippen LogP contribution is -2.44. The first-order valence-corrected chi connectivity index (χ1v) is 10.3. The summed E-state index contributed by atoms with van der Waals surface area (Å²) in [6.07, 6.45) is 3.05. The van der Waals surface area contributed by atoms with Crippen molar-refractivity contribution in [2.75, 3.05) is 53.0 Å². The maximum Gasteiger partial charge on any atom is 0.409 e. The minimum absolute atomic E-state index is 0. The van der Waals surface area contributed by atoms with Gasteiger partial charge in [-0.1, -0.05) is 0 Å². The van der Waals surface area contributed by atoms with Crippen LogP contribution in [0.4, 0.5) is 4.79 Å². The molecule has 2 saturated heterocycles. The van der Waals surface area contributed by atoms with Gasteiger partial charge >= 0.3 is 12.1 Å². The largest absolute Gasteiger partial charge is 0.486 e. The molecule has 1 aromatic rings. The number of fused-ring (bicyclic) bond motifs is 1. The van der Waals surface area contributed by atoms with Gasteiger partial charge in [-0.05, 0) is 56.5 Å². The molecule has 1 amide bonds. The highest BCUT2D eigenvalue weighted by atomic mass is 32.1. The Morgan fingerprint density at radius 3 is 2.67 bits per heavy atom. The van der Waals surface area contributed by atoms with Gasteiger partial charge in [-0.25, -0.2) is 9.59 Å². The number of piperidine rings is 1. The average Bonchev–Trinajstić information content (AvgIpc) is 3.17. The predicted octanol–water partition coefficient (Wildman–Crippen LogP) is 2.28. The molecule has 0 saturated carbocycles. The first-order chi connectivity index (χ1) is 14.1. The van der Waals surface area contributed by atoms with Gasteiger partial charge in [0, 0.05) is 13.1 Å². The molecule has 9 heteroatoms. The maximum atomic E-state index is 11.7. The predicted molar refractivity (Wildman–Crippen MR) is 115 cm³/mol. The quantitative estimate of drug-likeness (QED) is 0.631. The summed E-state index contributed by atoms with van der Waals surface area (Å²) in [6.45, 7) is 5.37. The number of likely N-dealkylation sites (tertiary alicyclic amines) is 1. The highest BCUT2D eigenvalue weighted by Gasteiger charge is 2.28. The molecule has 3 heterocycles. The molecule has 1 atom stereocenters. The summed E-state index contributed by atoms with van der Waals surface area (Å²) >= 11 is 0. The van der Waals surface area contributed by atoms with Crippen molar-refractivity contribution in [2.45, 2.75) is 25.4 Å². The van der Waals surface area contributed by atoms with Gasteiger partial charge in [0.1, 0.15) is 19.3 Å². The number of nitrogens with zero attached hydrogens (tertiary/aromatic N) is 2. The Balaban J connectivity index is 0.00000256. The van der Waals surface area contributed by atoms with Crippen LogP contribution in [0, 0.1) is 5.92 Å². The van der Waals surface area contributed by atoms with E-state index in [0.29, 0.717) is 36.2 Å². The van der Waals surface area contributed by atoms with Gasteiger partial charge in [0.2, 0.25) is 0 Å². The fraction of sp³-hybridized carbons (Fsp3) is 0.619. The van der Waals surface area contributed by atoms with E-state index in [2.05, 4.69) is 4.90 Å². The normalized spacial score (nSPS) is 21.7. The second-order valence-electron chi connectivity index (χ2n) is 7.84. The van der Waals surface area contributed by atoms with E-state index in [1.165, 1.54) is 7.11 Å². The van der Waals surface area contributed by atoms with Gasteiger partial charge < -0.3 is 23.8 Å². The number of esters is 1. The Morgan fingerprint density at radius 2 is 1.97 bits per heavy atom. The van der Waals surface area contributed by atoms with Crippen LogP contribution >= 0.6 is 13.5 Å². The van der Waals surface area contributed by atoms with Crippen LogP contribution in [-0.2, 0) is 9.47 Å². The molecule has 1 aromatic carbocycles. The molecule has 0 spiro atoms. The van der Waals surface area contributed by atoms with E-state index in [0.717, 1.165) is 52.0 Å². The van der Waals surface area contributed by atoms with Crippen molar-refractivity contribution < 1.29 is 28.5 Å². The lowest BCUT2D eigenvalue weighted by atomic mass is 9.93. The Hall–Kier alpha value is -2.13. The number of carbonyl (C=O) groups excluding carboxylic acids is 2. The van der Waals surface area contributed by atoms with Crippen molar-refractivity contribution >= 4 is 25.6 Å². The Labute approximate surface area is 183 Å². The number of ether oxygens (including phenoxy) is 4. The third-order valence-electron chi connectivity index (χ3n) is 5.90. The molecule has 3 aliphatic heterocycles. The number of benzene rings is 1. The van der Waals surface area contributed by atoms with E-state index < -0.39 is 0 Å². The van der Waals surface area contributed by atoms with Crippen molar-refractivity contribution in [1.29, 1.82) is 0 Å². The molecule has 2 fully saturated rings. The van der Waals surface area contributed by atoms with Crippen molar-refractivity contribution in [3.63, 3.8) is 0 Å². The number of hydrogen-bond donors (Lipinski definition) is 0. The van der Waals surface area contributed by atoms with E-state index in [9.17, 15) is 9.59 Å². The monoisotopic (exact) mass is 438 g/mol.